The molecule has 30 heavy (non-hydrogen) atoms. The number of benzene rings is 1. The van der Waals surface area contributed by atoms with E-state index in [2.05, 4.69) is 20.5 Å². The Labute approximate surface area is 175 Å². The van der Waals surface area contributed by atoms with E-state index in [4.69, 9.17) is 5.73 Å². The van der Waals surface area contributed by atoms with Crippen molar-refractivity contribution >= 4 is 11.8 Å². The minimum Gasteiger partial charge on any atom is -0.326 e. The molecular weight excluding hydrogens is 382 g/mol. The second kappa shape index (κ2) is 9.38. The lowest BCUT2D eigenvalue weighted by Crippen LogP contribution is -2.48. The second-order valence-corrected chi connectivity index (χ2v) is 7.90. The Balaban J connectivity index is 1.36. The number of aromatic nitrogens is 2. The van der Waals surface area contributed by atoms with E-state index in [1.54, 1.807) is 17.2 Å². The van der Waals surface area contributed by atoms with Crippen LogP contribution in [-0.2, 0) is 6.42 Å². The highest BCUT2D eigenvalue weighted by atomic mass is 16.2. The Morgan fingerprint density at radius 3 is 2.60 bits per heavy atom. The number of urea groups is 1. The van der Waals surface area contributed by atoms with Crippen molar-refractivity contribution < 1.29 is 4.79 Å². The van der Waals surface area contributed by atoms with E-state index in [0.29, 0.717) is 19.1 Å². The molecule has 0 aliphatic carbocycles. The molecule has 4 rings (SSSR count). The Hall–Kier alpha value is -2.75. The molecule has 2 amide bonds. The zero-order chi connectivity index (χ0) is 20.9. The number of rotatable bonds is 5. The van der Waals surface area contributed by atoms with Gasteiger partial charge in [-0.2, -0.15) is 4.98 Å². The van der Waals surface area contributed by atoms with Crippen molar-refractivity contribution in [1.29, 1.82) is 0 Å². The lowest BCUT2D eigenvalue weighted by molar-refractivity contribution is 0.204. The first-order valence-electron chi connectivity index (χ1n) is 10.5. The van der Waals surface area contributed by atoms with Crippen LogP contribution in [0.1, 0.15) is 12.0 Å². The van der Waals surface area contributed by atoms with Crippen LogP contribution in [0.25, 0.3) is 5.69 Å². The average molecular weight is 412 g/mol. The van der Waals surface area contributed by atoms with Gasteiger partial charge in [0.1, 0.15) is 5.82 Å². The number of carbonyl (C=O) groups excluding carboxylic acids is 1. The van der Waals surface area contributed by atoms with Gasteiger partial charge in [0.15, 0.2) is 0 Å². The molecule has 2 aliphatic rings. The predicted molar refractivity (Wildman–Crippen MR) is 116 cm³/mol. The molecule has 0 bridgehead atoms. The molecule has 3 heterocycles. The van der Waals surface area contributed by atoms with Gasteiger partial charge in [0.2, 0.25) is 0 Å². The molecule has 2 aliphatic heterocycles. The molecule has 2 aromatic rings. The maximum absolute atomic E-state index is 12.5. The summed E-state index contributed by atoms with van der Waals surface area (Å²) in [6.45, 7) is 5.85. The lowest BCUT2D eigenvalue weighted by Gasteiger charge is -2.27. The van der Waals surface area contributed by atoms with Crippen molar-refractivity contribution in [2.45, 2.75) is 18.9 Å². The van der Waals surface area contributed by atoms with Crippen molar-refractivity contribution in [2.75, 3.05) is 51.1 Å². The summed E-state index contributed by atoms with van der Waals surface area (Å²) >= 11 is 0. The van der Waals surface area contributed by atoms with Crippen molar-refractivity contribution in [2.24, 2.45) is 5.73 Å². The Morgan fingerprint density at radius 2 is 1.93 bits per heavy atom. The number of nitrogens with zero attached hydrogens (tertiary/aromatic N) is 4. The summed E-state index contributed by atoms with van der Waals surface area (Å²) in [5.74, 6) is 0.264. The van der Waals surface area contributed by atoms with Gasteiger partial charge in [-0.25, -0.2) is 9.59 Å². The minimum atomic E-state index is -0.424. The van der Waals surface area contributed by atoms with E-state index in [1.165, 1.54) is 10.1 Å². The highest BCUT2D eigenvalue weighted by Crippen LogP contribution is 2.12. The fraction of sp³-hybridized carbons (Fsp3) is 0.476. The number of carbonyl (C=O) groups is 1. The fourth-order valence-electron chi connectivity index (χ4n) is 3.90. The van der Waals surface area contributed by atoms with E-state index < -0.39 is 5.69 Å². The molecule has 160 valence electrons. The molecular formula is C21H29N7O2. The topological polar surface area (TPSA) is 109 Å². The van der Waals surface area contributed by atoms with E-state index in [9.17, 15) is 9.59 Å². The number of piperazine rings is 1. The summed E-state index contributed by atoms with van der Waals surface area (Å²) in [4.78, 5) is 32.9. The molecule has 4 N–H and O–H groups in total. The number of amides is 2. The van der Waals surface area contributed by atoms with Gasteiger partial charge < -0.3 is 20.9 Å². The molecule has 2 saturated heterocycles. The third kappa shape index (κ3) is 5.05. The zero-order valence-corrected chi connectivity index (χ0v) is 17.1. The maximum atomic E-state index is 12.5. The average Bonchev–Trinajstić information content (AvgIpc) is 3.19. The molecule has 0 saturated carbocycles. The number of nitrogens with one attached hydrogen (secondary N) is 2. The standard InChI is InChI=1S/C21H29N7O2/c22-17-6-11-26(15-17)10-5-16-1-3-18(4-2-16)28-12-7-19(25-21(28)30)24-20(29)27-13-8-23-9-14-27/h1-4,7,12,17,23H,5-6,8-11,13-15,22H2,(H,24,25,29,30)/t17-/m1/s1. The largest absolute Gasteiger partial charge is 0.354 e. The van der Waals surface area contributed by atoms with Crippen LogP contribution in [-0.4, -0.2) is 77.2 Å². The maximum Gasteiger partial charge on any atom is 0.354 e. The van der Waals surface area contributed by atoms with Gasteiger partial charge in [0.25, 0.3) is 0 Å². The Morgan fingerprint density at radius 1 is 1.17 bits per heavy atom. The monoisotopic (exact) mass is 411 g/mol. The predicted octanol–water partition coefficient (Wildman–Crippen LogP) is 0.245. The van der Waals surface area contributed by atoms with Crippen LogP contribution in [0, 0.1) is 0 Å². The lowest BCUT2D eigenvalue weighted by atomic mass is 10.1. The van der Waals surface area contributed by atoms with E-state index in [0.717, 1.165) is 51.3 Å². The van der Waals surface area contributed by atoms with E-state index in [1.807, 2.05) is 24.3 Å². The van der Waals surface area contributed by atoms with Gasteiger partial charge in [-0.05, 0) is 43.1 Å². The normalized spacial score (nSPS) is 19.8. The van der Waals surface area contributed by atoms with Gasteiger partial charge in [0.05, 0.1) is 5.69 Å². The van der Waals surface area contributed by atoms with Crippen molar-refractivity contribution in [1.82, 2.24) is 24.7 Å². The molecule has 0 unspecified atom stereocenters. The Bertz CT molecular complexity index is 922. The number of hydrogen-bond acceptors (Lipinski definition) is 6. The number of nitrogens with two attached hydrogens (primary N) is 1. The molecule has 0 spiro atoms. The summed E-state index contributed by atoms with van der Waals surface area (Å²) in [7, 11) is 0. The molecule has 0 radical (unpaired) electrons. The fourth-order valence-corrected chi connectivity index (χ4v) is 3.90. The highest BCUT2D eigenvalue weighted by molar-refractivity contribution is 5.88. The first kappa shape index (κ1) is 20.5. The van der Waals surface area contributed by atoms with Crippen LogP contribution < -0.4 is 22.1 Å². The van der Waals surface area contributed by atoms with Crippen LogP contribution in [0.5, 0.6) is 0 Å². The van der Waals surface area contributed by atoms with Gasteiger partial charge in [-0.3, -0.25) is 9.88 Å². The van der Waals surface area contributed by atoms with E-state index >= 15 is 0 Å². The second-order valence-electron chi connectivity index (χ2n) is 7.90. The molecule has 9 nitrogen and oxygen atoms in total. The summed E-state index contributed by atoms with van der Waals surface area (Å²) in [5.41, 5.74) is 7.51. The van der Waals surface area contributed by atoms with E-state index in [-0.39, 0.29) is 11.8 Å². The van der Waals surface area contributed by atoms with Crippen molar-refractivity contribution in [3.8, 4) is 5.69 Å². The smallest absolute Gasteiger partial charge is 0.326 e. The summed E-state index contributed by atoms with van der Waals surface area (Å²) in [6, 6.07) is 9.64. The van der Waals surface area contributed by atoms with Gasteiger partial charge >= 0.3 is 11.7 Å². The number of hydrogen-bond donors (Lipinski definition) is 3. The first-order chi connectivity index (χ1) is 14.6. The van der Waals surface area contributed by atoms with Gasteiger partial charge in [-0.15, -0.1) is 0 Å². The van der Waals surface area contributed by atoms with Crippen LogP contribution >= 0.6 is 0 Å². The first-order valence-corrected chi connectivity index (χ1v) is 10.5. The quantitative estimate of drug-likeness (QED) is 0.651. The number of likely N-dealkylation sites (tertiary alicyclic amines) is 1. The molecule has 1 aromatic heterocycles. The van der Waals surface area contributed by atoms with Gasteiger partial charge in [0, 0.05) is 51.5 Å². The molecule has 9 heteroatoms. The van der Waals surface area contributed by atoms with Crippen LogP contribution in [0.3, 0.4) is 0 Å². The van der Waals surface area contributed by atoms with Crippen molar-refractivity contribution in [3.63, 3.8) is 0 Å². The van der Waals surface area contributed by atoms with Crippen LogP contribution in [0.4, 0.5) is 10.6 Å². The highest BCUT2D eigenvalue weighted by Gasteiger charge is 2.18. The molecule has 2 fully saturated rings. The summed E-state index contributed by atoms with van der Waals surface area (Å²) in [5, 5.41) is 5.91. The zero-order valence-electron chi connectivity index (χ0n) is 17.1. The SMILES string of the molecule is N[C@@H]1CCN(CCc2ccc(-n3ccc(NC(=O)N4CCNCC4)nc3=O)cc2)C1. The minimum absolute atomic E-state index is 0.232. The van der Waals surface area contributed by atoms with Crippen LogP contribution in [0.15, 0.2) is 41.3 Å². The summed E-state index contributed by atoms with van der Waals surface area (Å²) in [6.07, 6.45) is 3.67. The Kier molecular flexibility index (Phi) is 6.41. The third-order valence-corrected chi connectivity index (χ3v) is 5.68. The molecule has 1 atom stereocenters. The van der Waals surface area contributed by atoms with Crippen LogP contribution in [0.2, 0.25) is 0 Å². The van der Waals surface area contributed by atoms with Crippen molar-refractivity contribution in [3.05, 3.63) is 52.6 Å². The van der Waals surface area contributed by atoms with Gasteiger partial charge in [-0.1, -0.05) is 12.1 Å². The molecule has 1 aromatic carbocycles. The third-order valence-electron chi connectivity index (χ3n) is 5.68. The summed E-state index contributed by atoms with van der Waals surface area (Å²) < 4.78 is 1.48. The number of anilines is 1.